The molecule has 19 heavy (non-hydrogen) atoms. The van der Waals surface area contributed by atoms with Gasteiger partial charge in [0.15, 0.2) is 0 Å². The molecule has 1 aromatic rings. The summed E-state index contributed by atoms with van der Waals surface area (Å²) in [4.78, 5) is 14.3. The minimum Gasteiger partial charge on any atom is -0.395 e. The third-order valence-electron chi connectivity index (χ3n) is 3.60. The number of hydrogen-bond donors (Lipinski definition) is 2. The van der Waals surface area contributed by atoms with Gasteiger partial charge in [0.05, 0.1) is 17.3 Å². The molecule has 2 N–H and O–H groups in total. The van der Waals surface area contributed by atoms with E-state index in [1.165, 1.54) is 4.68 Å². The normalized spacial score (nSPS) is 23.8. The summed E-state index contributed by atoms with van der Waals surface area (Å²) in [5.41, 5.74) is 1.03. The van der Waals surface area contributed by atoms with Crippen molar-refractivity contribution >= 4 is 17.5 Å². The Balaban J connectivity index is 2.06. The Bertz CT molecular complexity index is 488. The van der Waals surface area contributed by atoms with Gasteiger partial charge in [0.25, 0.3) is 5.91 Å². The van der Waals surface area contributed by atoms with E-state index in [4.69, 9.17) is 11.6 Å². The number of aliphatic hydroxyl groups excluding tert-OH is 1. The van der Waals surface area contributed by atoms with E-state index in [0.717, 1.165) is 13.0 Å². The summed E-state index contributed by atoms with van der Waals surface area (Å²) >= 11 is 6.08. The molecule has 2 heterocycles. The summed E-state index contributed by atoms with van der Waals surface area (Å²) in [6, 6.07) is 0.134. The molecule has 0 aliphatic carbocycles. The molecular formula is C12H19ClN4O2. The van der Waals surface area contributed by atoms with Gasteiger partial charge in [-0.1, -0.05) is 11.6 Å². The Morgan fingerprint density at radius 3 is 2.74 bits per heavy atom. The highest BCUT2D eigenvalue weighted by Crippen LogP contribution is 2.20. The number of hydrogen-bond acceptors (Lipinski definition) is 4. The van der Waals surface area contributed by atoms with Gasteiger partial charge in [0.1, 0.15) is 5.69 Å². The fourth-order valence-corrected chi connectivity index (χ4v) is 2.78. The van der Waals surface area contributed by atoms with Gasteiger partial charge in [-0.25, -0.2) is 0 Å². The van der Waals surface area contributed by atoms with Gasteiger partial charge in [0, 0.05) is 25.7 Å². The molecule has 6 nitrogen and oxygen atoms in total. The highest BCUT2D eigenvalue weighted by atomic mass is 35.5. The largest absolute Gasteiger partial charge is 0.395 e. The quantitative estimate of drug-likeness (QED) is 0.831. The van der Waals surface area contributed by atoms with Crippen LogP contribution in [0.3, 0.4) is 0 Å². The molecule has 2 atom stereocenters. The van der Waals surface area contributed by atoms with Crippen LogP contribution in [0.25, 0.3) is 0 Å². The molecule has 106 valence electrons. The molecule has 1 aliphatic heterocycles. The lowest BCUT2D eigenvalue weighted by Gasteiger charge is -2.15. The predicted molar refractivity (Wildman–Crippen MR) is 72.3 cm³/mol. The molecule has 7 heteroatoms. The van der Waals surface area contributed by atoms with Crippen molar-refractivity contribution in [3.63, 3.8) is 0 Å². The van der Waals surface area contributed by atoms with Crippen molar-refractivity contribution < 1.29 is 9.90 Å². The van der Waals surface area contributed by atoms with E-state index in [1.807, 2.05) is 11.9 Å². The van der Waals surface area contributed by atoms with E-state index in [1.54, 1.807) is 14.0 Å². The minimum absolute atomic E-state index is 0.0286. The number of aromatic nitrogens is 2. The highest BCUT2D eigenvalue weighted by Gasteiger charge is 2.31. The first-order valence-electron chi connectivity index (χ1n) is 6.25. The first kappa shape index (κ1) is 14.3. The average molecular weight is 287 g/mol. The lowest BCUT2D eigenvalue weighted by Crippen LogP contribution is -2.37. The van der Waals surface area contributed by atoms with Gasteiger partial charge in [-0.15, -0.1) is 0 Å². The monoisotopic (exact) mass is 286 g/mol. The van der Waals surface area contributed by atoms with Crippen LogP contribution in [0.15, 0.2) is 0 Å². The average Bonchev–Trinajstić information content (AvgIpc) is 2.80. The Hall–Kier alpha value is -1.11. The third-order valence-corrected chi connectivity index (χ3v) is 4.05. The number of carbonyl (C=O) groups excluding carboxylic acids is 1. The molecular weight excluding hydrogens is 268 g/mol. The molecule has 0 radical (unpaired) electrons. The van der Waals surface area contributed by atoms with Crippen LogP contribution in [0.2, 0.25) is 5.02 Å². The van der Waals surface area contributed by atoms with E-state index < -0.39 is 0 Å². The number of amides is 1. The first-order valence-corrected chi connectivity index (χ1v) is 6.63. The molecule has 0 spiro atoms. The summed E-state index contributed by atoms with van der Waals surface area (Å²) in [5.74, 6) is -0.218. The fraction of sp³-hybridized carbons (Fsp3) is 0.667. The van der Waals surface area contributed by atoms with E-state index >= 15 is 0 Å². The van der Waals surface area contributed by atoms with Gasteiger partial charge >= 0.3 is 0 Å². The summed E-state index contributed by atoms with van der Waals surface area (Å²) < 4.78 is 1.50. The number of rotatable bonds is 3. The minimum atomic E-state index is -0.218. The zero-order valence-corrected chi connectivity index (χ0v) is 12.1. The molecule has 0 saturated carbocycles. The van der Waals surface area contributed by atoms with Crippen molar-refractivity contribution in [2.45, 2.75) is 25.4 Å². The van der Waals surface area contributed by atoms with Crippen molar-refractivity contribution in [2.24, 2.45) is 7.05 Å². The van der Waals surface area contributed by atoms with Crippen molar-refractivity contribution in [1.82, 2.24) is 20.0 Å². The summed E-state index contributed by atoms with van der Waals surface area (Å²) in [5, 5.41) is 16.7. The van der Waals surface area contributed by atoms with Gasteiger partial charge in [-0.2, -0.15) is 5.10 Å². The van der Waals surface area contributed by atoms with Gasteiger partial charge in [-0.3, -0.25) is 14.4 Å². The second kappa shape index (κ2) is 5.48. The van der Waals surface area contributed by atoms with Crippen LogP contribution in [0.5, 0.6) is 0 Å². The Morgan fingerprint density at radius 2 is 2.26 bits per heavy atom. The molecule has 0 aromatic carbocycles. The Labute approximate surface area is 117 Å². The maximum atomic E-state index is 12.2. The second-order valence-electron chi connectivity index (χ2n) is 5.05. The van der Waals surface area contributed by atoms with Crippen LogP contribution in [0.4, 0.5) is 0 Å². The maximum Gasteiger partial charge on any atom is 0.271 e. The standard InChI is InChI=1S/C12H19ClN4O2/c1-7-10(13)11(17(3)15-7)12(19)14-8-4-9(6-18)16(2)5-8/h8-9,18H,4-6H2,1-3H3,(H,14,19)/t8-,9+/m1/s1. The first-order chi connectivity index (χ1) is 8.93. The molecule has 1 fully saturated rings. The van der Waals surface area contributed by atoms with Crippen molar-refractivity contribution in [3.8, 4) is 0 Å². The van der Waals surface area contributed by atoms with Crippen molar-refractivity contribution in [1.29, 1.82) is 0 Å². The van der Waals surface area contributed by atoms with Gasteiger partial charge in [-0.05, 0) is 20.4 Å². The predicted octanol–water partition coefficient (Wildman–Crippen LogP) is 0.177. The van der Waals surface area contributed by atoms with Crippen LogP contribution in [-0.2, 0) is 7.05 Å². The molecule has 1 aromatic heterocycles. The molecule has 2 rings (SSSR count). The zero-order valence-electron chi connectivity index (χ0n) is 11.4. The topological polar surface area (TPSA) is 70.4 Å². The molecule has 1 saturated heterocycles. The number of aliphatic hydroxyl groups is 1. The lowest BCUT2D eigenvalue weighted by atomic mass is 10.2. The van der Waals surface area contributed by atoms with Crippen LogP contribution in [0.1, 0.15) is 22.6 Å². The number of carbonyl (C=O) groups is 1. The van der Waals surface area contributed by atoms with Crippen LogP contribution in [0, 0.1) is 6.92 Å². The number of nitrogens with zero attached hydrogens (tertiary/aromatic N) is 3. The summed E-state index contributed by atoms with van der Waals surface area (Å²) in [6.45, 7) is 2.60. The second-order valence-corrected chi connectivity index (χ2v) is 5.43. The SMILES string of the molecule is Cc1nn(C)c(C(=O)N[C@@H]2C[C@@H](CO)N(C)C2)c1Cl. The number of likely N-dealkylation sites (N-methyl/N-ethyl adjacent to an activating group) is 1. The Morgan fingerprint density at radius 1 is 1.58 bits per heavy atom. The highest BCUT2D eigenvalue weighted by molar-refractivity contribution is 6.34. The lowest BCUT2D eigenvalue weighted by molar-refractivity contribution is 0.0929. The number of likely N-dealkylation sites (tertiary alicyclic amines) is 1. The fourth-order valence-electron chi connectivity index (χ4n) is 2.53. The third kappa shape index (κ3) is 2.75. The van der Waals surface area contributed by atoms with Gasteiger partial charge in [0.2, 0.25) is 0 Å². The van der Waals surface area contributed by atoms with E-state index in [0.29, 0.717) is 16.4 Å². The smallest absolute Gasteiger partial charge is 0.271 e. The van der Waals surface area contributed by atoms with E-state index in [2.05, 4.69) is 10.4 Å². The van der Waals surface area contributed by atoms with Crippen LogP contribution < -0.4 is 5.32 Å². The van der Waals surface area contributed by atoms with E-state index in [-0.39, 0.29) is 24.6 Å². The van der Waals surface area contributed by atoms with Crippen molar-refractivity contribution in [3.05, 3.63) is 16.4 Å². The zero-order chi connectivity index (χ0) is 14.2. The van der Waals surface area contributed by atoms with Crippen LogP contribution >= 0.6 is 11.6 Å². The molecule has 1 amide bonds. The Kier molecular flexibility index (Phi) is 4.13. The van der Waals surface area contributed by atoms with Crippen molar-refractivity contribution in [2.75, 3.05) is 20.2 Å². The number of aryl methyl sites for hydroxylation is 2. The molecule has 0 bridgehead atoms. The maximum absolute atomic E-state index is 12.2. The molecule has 1 aliphatic rings. The van der Waals surface area contributed by atoms with E-state index in [9.17, 15) is 9.90 Å². The van der Waals surface area contributed by atoms with Gasteiger partial charge < -0.3 is 10.4 Å². The number of halogens is 1. The van der Waals surface area contributed by atoms with Crippen LogP contribution in [-0.4, -0.2) is 58.0 Å². The summed E-state index contributed by atoms with van der Waals surface area (Å²) in [6.07, 6.45) is 0.743. The molecule has 0 unspecified atom stereocenters. The summed E-state index contributed by atoms with van der Waals surface area (Å²) in [7, 11) is 3.64. The number of nitrogens with one attached hydrogen (secondary N) is 1.